The highest BCUT2D eigenvalue weighted by atomic mass is 15.1. The van der Waals surface area contributed by atoms with Gasteiger partial charge in [-0.25, -0.2) is 0 Å². The Hall–Kier alpha value is -0.480. The quantitative estimate of drug-likeness (QED) is 0.532. The third-order valence-corrected chi connectivity index (χ3v) is 3.37. The van der Waals surface area contributed by atoms with E-state index in [0.29, 0.717) is 0 Å². The molecule has 0 aromatic rings. The lowest BCUT2D eigenvalue weighted by molar-refractivity contribution is 0.299. The molecule has 0 aromatic carbocycles. The zero-order chi connectivity index (χ0) is 8.39. The first-order valence-corrected chi connectivity index (χ1v) is 5.06. The monoisotopic (exact) mass is 163 g/mol. The third kappa shape index (κ3) is 1.49. The molecule has 1 saturated carbocycles. The zero-order valence-corrected chi connectivity index (χ0v) is 7.63. The molecule has 1 heterocycles. The van der Waals surface area contributed by atoms with E-state index in [2.05, 4.69) is 10.8 Å². The van der Waals surface area contributed by atoms with E-state index in [-0.39, 0.29) is 0 Å². The second-order valence-corrected chi connectivity index (χ2v) is 4.20. The first-order chi connectivity index (χ1) is 5.90. The summed E-state index contributed by atoms with van der Waals surface area (Å²) in [5.41, 5.74) is 0. The Balaban J connectivity index is 1.90. The molecule has 12 heavy (non-hydrogen) atoms. The number of fused-ring (bicyclic) bond motifs is 1. The van der Waals surface area contributed by atoms with Crippen LogP contribution >= 0.6 is 0 Å². The summed E-state index contributed by atoms with van der Waals surface area (Å²) >= 11 is 0. The van der Waals surface area contributed by atoms with E-state index >= 15 is 0 Å². The van der Waals surface area contributed by atoms with Crippen molar-refractivity contribution in [3.63, 3.8) is 0 Å². The van der Waals surface area contributed by atoms with Crippen LogP contribution in [0.2, 0.25) is 0 Å². The zero-order valence-electron chi connectivity index (χ0n) is 7.63. The van der Waals surface area contributed by atoms with Gasteiger partial charge in [0, 0.05) is 13.1 Å². The molecule has 1 saturated heterocycles. The van der Waals surface area contributed by atoms with Gasteiger partial charge in [0.15, 0.2) is 0 Å². The lowest BCUT2D eigenvalue weighted by Crippen LogP contribution is -2.20. The Bertz CT molecular complexity index is 178. The van der Waals surface area contributed by atoms with Crippen LogP contribution in [0.15, 0.2) is 0 Å². The molecule has 2 atom stereocenters. The summed E-state index contributed by atoms with van der Waals surface area (Å²) in [5.74, 6) is 4.70. The Morgan fingerprint density at radius 3 is 2.25 bits per heavy atom. The molecule has 1 heteroatoms. The molecular weight excluding hydrogens is 146 g/mol. The van der Waals surface area contributed by atoms with Crippen molar-refractivity contribution in [2.75, 3.05) is 19.6 Å². The summed E-state index contributed by atoms with van der Waals surface area (Å²) in [7, 11) is 0. The maximum absolute atomic E-state index is 5.31. The predicted octanol–water partition coefficient (Wildman–Crippen LogP) is 1.74. The first kappa shape index (κ1) is 8.13. The Morgan fingerprint density at radius 1 is 1.17 bits per heavy atom. The van der Waals surface area contributed by atoms with Crippen molar-refractivity contribution in [1.82, 2.24) is 4.90 Å². The van der Waals surface area contributed by atoms with Crippen LogP contribution in [0.3, 0.4) is 0 Å². The lowest BCUT2D eigenvalue weighted by atomic mass is 9.82. The fraction of sp³-hybridized carbons (Fsp3) is 0.818. The van der Waals surface area contributed by atoms with Gasteiger partial charge in [-0.15, -0.1) is 6.42 Å². The number of likely N-dealkylation sites (tertiary alicyclic amines) is 1. The van der Waals surface area contributed by atoms with Crippen LogP contribution < -0.4 is 0 Å². The minimum absolute atomic E-state index is 0.868. The molecule has 2 aliphatic rings. The van der Waals surface area contributed by atoms with Gasteiger partial charge in [0.2, 0.25) is 0 Å². The molecule has 0 N–H and O–H groups in total. The normalized spacial score (nSPS) is 35.9. The van der Waals surface area contributed by atoms with Gasteiger partial charge in [0.25, 0.3) is 0 Å². The van der Waals surface area contributed by atoms with Crippen molar-refractivity contribution < 1.29 is 0 Å². The van der Waals surface area contributed by atoms with Crippen molar-refractivity contribution in [2.45, 2.75) is 25.7 Å². The summed E-state index contributed by atoms with van der Waals surface area (Å²) in [4.78, 5) is 2.45. The van der Waals surface area contributed by atoms with Crippen molar-refractivity contribution in [1.29, 1.82) is 0 Å². The average molecular weight is 163 g/mol. The largest absolute Gasteiger partial charge is 0.292 e. The molecule has 2 unspecified atom stereocenters. The van der Waals surface area contributed by atoms with Gasteiger partial charge in [-0.2, -0.15) is 0 Å². The Morgan fingerprint density at radius 2 is 1.75 bits per heavy atom. The molecular formula is C11H17N. The highest BCUT2D eigenvalue weighted by Gasteiger charge is 2.33. The van der Waals surface area contributed by atoms with E-state index < -0.39 is 0 Å². The number of hydrogen-bond donors (Lipinski definition) is 0. The van der Waals surface area contributed by atoms with Crippen LogP contribution in [0.25, 0.3) is 0 Å². The summed E-state index contributed by atoms with van der Waals surface area (Å²) in [6, 6.07) is 0. The first-order valence-electron chi connectivity index (χ1n) is 5.06. The summed E-state index contributed by atoms with van der Waals surface area (Å²) < 4.78 is 0. The van der Waals surface area contributed by atoms with Crippen molar-refractivity contribution in [3.8, 4) is 12.3 Å². The predicted molar refractivity (Wildman–Crippen MR) is 50.7 cm³/mol. The van der Waals surface area contributed by atoms with Crippen LogP contribution in [0, 0.1) is 24.2 Å². The molecule has 2 rings (SSSR count). The second kappa shape index (κ2) is 3.49. The van der Waals surface area contributed by atoms with Crippen molar-refractivity contribution >= 4 is 0 Å². The van der Waals surface area contributed by atoms with Crippen LogP contribution in [0.1, 0.15) is 25.7 Å². The summed E-state index contributed by atoms with van der Waals surface area (Å²) in [6.07, 6.45) is 11.1. The van der Waals surface area contributed by atoms with E-state index in [4.69, 9.17) is 6.42 Å². The fourth-order valence-corrected chi connectivity index (χ4v) is 2.76. The van der Waals surface area contributed by atoms with Gasteiger partial charge < -0.3 is 0 Å². The van der Waals surface area contributed by atoms with Crippen molar-refractivity contribution in [2.24, 2.45) is 11.8 Å². The number of terminal acetylenes is 1. The molecule has 1 aliphatic heterocycles. The van der Waals surface area contributed by atoms with Gasteiger partial charge in [-0.3, -0.25) is 4.90 Å². The van der Waals surface area contributed by atoms with Crippen molar-refractivity contribution in [3.05, 3.63) is 0 Å². The number of hydrogen-bond acceptors (Lipinski definition) is 1. The topological polar surface area (TPSA) is 3.24 Å². The van der Waals surface area contributed by atoms with Crippen LogP contribution in [0.4, 0.5) is 0 Å². The van der Waals surface area contributed by atoms with E-state index in [1.807, 2.05) is 0 Å². The summed E-state index contributed by atoms with van der Waals surface area (Å²) in [6.45, 7) is 3.41. The smallest absolute Gasteiger partial charge is 0.0599 e. The Labute approximate surface area is 75.1 Å². The molecule has 0 amide bonds. The summed E-state index contributed by atoms with van der Waals surface area (Å²) in [5, 5.41) is 0. The minimum Gasteiger partial charge on any atom is -0.292 e. The van der Waals surface area contributed by atoms with Gasteiger partial charge in [-0.1, -0.05) is 18.8 Å². The average Bonchev–Trinajstić information content (AvgIpc) is 2.47. The highest BCUT2D eigenvalue weighted by Crippen LogP contribution is 2.35. The lowest BCUT2D eigenvalue weighted by Gasteiger charge is -2.23. The van der Waals surface area contributed by atoms with Gasteiger partial charge in [-0.05, 0) is 24.7 Å². The molecule has 66 valence electrons. The standard InChI is InChI=1S/C11H17N/c1-2-7-12-8-10-5-3-4-6-11(10)9-12/h1,10-11H,3-9H2. The van der Waals surface area contributed by atoms with Gasteiger partial charge in [0.05, 0.1) is 6.54 Å². The Kier molecular flexibility index (Phi) is 2.37. The van der Waals surface area contributed by atoms with Crippen LogP contribution in [-0.4, -0.2) is 24.5 Å². The van der Waals surface area contributed by atoms with Crippen LogP contribution in [-0.2, 0) is 0 Å². The van der Waals surface area contributed by atoms with E-state index in [1.165, 1.54) is 38.8 Å². The fourth-order valence-electron chi connectivity index (χ4n) is 2.76. The maximum atomic E-state index is 5.31. The number of rotatable bonds is 1. The molecule has 0 bridgehead atoms. The van der Waals surface area contributed by atoms with Gasteiger partial charge in [0.1, 0.15) is 0 Å². The van der Waals surface area contributed by atoms with E-state index in [9.17, 15) is 0 Å². The maximum Gasteiger partial charge on any atom is 0.0599 e. The molecule has 0 spiro atoms. The van der Waals surface area contributed by atoms with E-state index in [1.54, 1.807) is 0 Å². The molecule has 0 radical (unpaired) electrons. The number of nitrogens with zero attached hydrogens (tertiary/aromatic N) is 1. The molecule has 1 aliphatic carbocycles. The third-order valence-electron chi connectivity index (χ3n) is 3.37. The second-order valence-electron chi connectivity index (χ2n) is 4.20. The van der Waals surface area contributed by atoms with Crippen LogP contribution in [0.5, 0.6) is 0 Å². The minimum atomic E-state index is 0.868. The molecule has 2 fully saturated rings. The molecule has 1 nitrogen and oxygen atoms in total. The highest BCUT2D eigenvalue weighted by molar-refractivity contribution is 4.94. The van der Waals surface area contributed by atoms with E-state index in [0.717, 1.165) is 18.4 Å². The van der Waals surface area contributed by atoms with Gasteiger partial charge >= 0.3 is 0 Å². The molecule has 0 aromatic heterocycles. The SMILES string of the molecule is C#CCN1CC2CCCCC2C1.